The summed E-state index contributed by atoms with van der Waals surface area (Å²) in [5.74, 6) is 0. The van der Waals surface area contributed by atoms with E-state index >= 15 is 0 Å². The van der Waals surface area contributed by atoms with E-state index in [1.807, 2.05) is 54.6 Å². The van der Waals surface area contributed by atoms with Gasteiger partial charge < -0.3 is 0 Å². The summed E-state index contributed by atoms with van der Waals surface area (Å²) < 4.78 is 0. The van der Waals surface area contributed by atoms with Gasteiger partial charge in [0.15, 0.2) is 0 Å². The third-order valence-corrected chi connectivity index (χ3v) is 3.94. The first-order chi connectivity index (χ1) is 11.4. The lowest BCUT2D eigenvalue weighted by atomic mass is 9.77. The molecular formula is C20H18N2O. The van der Waals surface area contributed by atoms with Crippen molar-refractivity contribution in [2.24, 2.45) is 0 Å². The van der Waals surface area contributed by atoms with Crippen LogP contribution >= 0.6 is 0 Å². The first kappa shape index (κ1) is 15.0. The van der Waals surface area contributed by atoms with Crippen molar-refractivity contribution >= 4 is 6.41 Å². The minimum atomic E-state index is -0.662. The van der Waals surface area contributed by atoms with Crippen LogP contribution in [-0.4, -0.2) is 6.41 Å². The molecule has 0 aromatic heterocycles. The minimum Gasteiger partial charge on any atom is -0.293 e. The lowest BCUT2D eigenvalue weighted by molar-refractivity contribution is -0.110. The molecule has 3 nitrogen and oxygen atoms in total. The SMILES string of the molecule is O=CNNC(c1ccccc1)(c1ccccc1)c1ccccc1. The van der Waals surface area contributed by atoms with Gasteiger partial charge in [-0.1, -0.05) is 91.0 Å². The highest BCUT2D eigenvalue weighted by Gasteiger charge is 2.35. The van der Waals surface area contributed by atoms with Gasteiger partial charge in [-0.2, -0.15) is 0 Å². The van der Waals surface area contributed by atoms with E-state index in [-0.39, 0.29) is 0 Å². The number of benzene rings is 3. The number of hydrazine groups is 1. The van der Waals surface area contributed by atoms with E-state index in [0.29, 0.717) is 6.41 Å². The van der Waals surface area contributed by atoms with Crippen LogP contribution in [-0.2, 0) is 10.3 Å². The van der Waals surface area contributed by atoms with Crippen molar-refractivity contribution < 1.29 is 4.79 Å². The summed E-state index contributed by atoms with van der Waals surface area (Å²) in [4.78, 5) is 11.0. The van der Waals surface area contributed by atoms with Crippen molar-refractivity contribution in [3.05, 3.63) is 108 Å². The van der Waals surface area contributed by atoms with Crippen LogP contribution in [0.5, 0.6) is 0 Å². The van der Waals surface area contributed by atoms with Crippen molar-refractivity contribution in [1.82, 2.24) is 10.9 Å². The topological polar surface area (TPSA) is 41.1 Å². The highest BCUT2D eigenvalue weighted by molar-refractivity contribution is 5.51. The second-order valence-electron chi connectivity index (χ2n) is 5.24. The second kappa shape index (κ2) is 6.90. The largest absolute Gasteiger partial charge is 0.293 e. The van der Waals surface area contributed by atoms with E-state index in [2.05, 4.69) is 47.2 Å². The maximum absolute atomic E-state index is 11.0. The smallest absolute Gasteiger partial charge is 0.221 e. The zero-order valence-corrected chi connectivity index (χ0v) is 12.6. The van der Waals surface area contributed by atoms with Gasteiger partial charge in [0.1, 0.15) is 5.54 Å². The lowest BCUT2D eigenvalue weighted by Gasteiger charge is -2.36. The molecular weight excluding hydrogens is 284 g/mol. The molecule has 114 valence electrons. The van der Waals surface area contributed by atoms with Gasteiger partial charge in [-0.05, 0) is 16.7 Å². The van der Waals surface area contributed by atoms with Crippen molar-refractivity contribution in [3.63, 3.8) is 0 Å². The first-order valence-corrected chi connectivity index (χ1v) is 7.51. The molecule has 0 saturated carbocycles. The minimum absolute atomic E-state index is 0.656. The Kier molecular flexibility index (Phi) is 4.50. The highest BCUT2D eigenvalue weighted by Crippen LogP contribution is 2.35. The summed E-state index contributed by atoms with van der Waals surface area (Å²) in [5.41, 5.74) is 8.35. The molecule has 0 aliphatic rings. The van der Waals surface area contributed by atoms with Crippen molar-refractivity contribution in [3.8, 4) is 0 Å². The van der Waals surface area contributed by atoms with Crippen LogP contribution in [0.2, 0.25) is 0 Å². The Balaban J connectivity index is 2.27. The molecule has 0 fully saturated rings. The van der Waals surface area contributed by atoms with Gasteiger partial charge in [0.25, 0.3) is 0 Å². The fraction of sp³-hybridized carbons (Fsp3) is 0.0500. The third kappa shape index (κ3) is 2.87. The summed E-state index contributed by atoms with van der Waals surface area (Å²) in [6.07, 6.45) is 0.656. The van der Waals surface area contributed by atoms with Gasteiger partial charge in [-0.25, -0.2) is 5.43 Å². The number of carbonyl (C=O) groups excluding carboxylic acids is 1. The molecule has 0 atom stereocenters. The molecule has 3 aromatic rings. The van der Waals surface area contributed by atoms with Crippen LogP contribution in [0.3, 0.4) is 0 Å². The normalized spacial score (nSPS) is 11.0. The van der Waals surface area contributed by atoms with Gasteiger partial charge in [-0.3, -0.25) is 10.2 Å². The average molecular weight is 302 g/mol. The van der Waals surface area contributed by atoms with Gasteiger partial charge >= 0.3 is 0 Å². The zero-order valence-electron chi connectivity index (χ0n) is 12.6. The Labute approximate surface area is 136 Å². The number of hydrogen-bond donors (Lipinski definition) is 2. The fourth-order valence-corrected chi connectivity index (χ4v) is 2.92. The summed E-state index contributed by atoms with van der Waals surface area (Å²) in [6, 6.07) is 30.3. The maximum Gasteiger partial charge on any atom is 0.221 e. The molecule has 0 radical (unpaired) electrons. The Hall–Kier alpha value is -2.91. The highest BCUT2D eigenvalue weighted by atomic mass is 16.1. The zero-order chi connectivity index (χ0) is 16.0. The molecule has 0 aliphatic carbocycles. The Morgan fingerprint density at radius 2 is 0.957 bits per heavy atom. The molecule has 3 heteroatoms. The van der Waals surface area contributed by atoms with Crippen LogP contribution in [0.15, 0.2) is 91.0 Å². The van der Waals surface area contributed by atoms with Crippen LogP contribution in [0.25, 0.3) is 0 Å². The van der Waals surface area contributed by atoms with Crippen molar-refractivity contribution in [1.29, 1.82) is 0 Å². The van der Waals surface area contributed by atoms with Crippen LogP contribution in [0.1, 0.15) is 16.7 Å². The van der Waals surface area contributed by atoms with Crippen LogP contribution in [0.4, 0.5) is 0 Å². The molecule has 3 aromatic carbocycles. The monoisotopic (exact) mass is 302 g/mol. The van der Waals surface area contributed by atoms with Gasteiger partial charge in [0, 0.05) is 0 Å². The predicted molar refractivity (Wildman–Crippen MR) is 91.5 cm³/mol. The summed E-state index contributed by atoms with van der Waals surface area (Å²) in [7, 11) is 0. The molecule has 0 saturated heterocycles. The standard InChI is InChI=1S/C20H18N2O/c23-16-21-22-20(17-10-4-1-5-11-17,18-12-6-2-7-13-18)19-14-8-3-9-15-19/h1-16,22H,(H,21,23). The van der Waals surface area contributed by atoms with E-state index in [1.165, 1.54) is 0 Å². The Bertz CT molecular complexity index is 646. The Morgan fingerprint density at radius 3 is 1.26 bits per heavy atom. The molecule has 0 aliphatic heterocycles. The molecule has 0 unspecified atom stereocenters. The molecule has 3 rings (SSSR count). The summed E-state index contributed by atoms with van der Waals surface area (Å²) in [5, 5.41) is 0. The van der Waals surface area contributed by atoms with Gasteiger partial charge in [0.05, 0.1) is 0 Å². The Morgan fingerprint density at radius 1 is 0.609 bits per heavy atom. The number of nitrogens with one attached hydrogen (secondary N) is 2. The van der Waals surface area contributed by atoms with E-state index in [1.54, 1.807) is 0 Å². The average Bonchev–Trinajstić information content (AvgIpc) is 2.65. The van der Waals surface area contributed by atoms with Crippen molar-refractivity contribution in [2.45, 2.75) is 5.54 Å². The number of rotatable bonds is 6. The van der Waals surface area contributed by atoms with E-state index in [9.17, 15) is 4.79 Å². The molecule has 1 amide bonds. The quantitative estimate of drug-likeness (QED) is 0.417. The third-order valence-electron chi connectivity index (χ3n) is 3.94. The van der Waals surface area contributed by atoms with E-state index < -0.39 is 5.54 Å². The van der Waals surface area contributed by atoms with Crippen molar-refractivity contribution in [2.75, 3.05) is 0 Å². The lowest BCUT2D eigenvalue weighted by Crippen LogP contribution is -2.51. The second-order valence-corrected chi connectivity index (χ2v) is 5.24. The number of hydrogen-bond acceptors (Lipinski definition) is 2. The molecule has 2 N–H and O–H groups in total. The molecule has 23 heavy (non-hydrogen) atoms. The van der Waals surface area contributed by atoms with Crippen LogP contribution in [0, 0.1) is 0 Å². The van der Waals surface area contributed by atoms with Gasteiger partial charge in [0.2, 0.25) is 6.41 Å². The molecule has 0 spiro atoms. The molecule has 0 bridgehead atoms. The first-order valence-electron chi connectivity index (χ1n) is 7.51. The number of amides is 1. The van der Waals surface area contributed by atoms with E-state index in [0.717, 1.165) is 16.7 Å². The summed E-state index contributed by atoms with van der Waals surface area (Å²) in [6.45, 7) is 0. The summed E-state index contributed by atoms with van der Waals surface area (Å²) >= 11 is 0. The predicted octanol–water partition coefficient (Wildman–Crippen LogP) is 3.23. The van der Waals surface area contributed by atoms with Gasteiger partial charge in [-0.15, -0.1) is 0 Å². The maximum atomic E-state index is 11.0. The molecule has 0 heterocycles. The van der Waals surface area contributed by atoms with Crippen LogP contribution < -0.4 is 10.9 Å². The number of carbonyl (C=O) groups is 1. The fourth-order valence-electron chi connectivity index (χ4n) is 2.92. The van der Waals surface area contributed by atoms with E-state index in [4.69, 9.17) is 0 Å².